The minimum absolute atomic E-state index is 0.0421. The first kappa shape index (κ1) is 15.4. The van der Waals surface area contributed by atoms with E-state index in [4.69, 9.17) is 15.6 Å². The highest BCUT2D eigenvalue weighted by atomic mass is 32.2. The van der Waals surface area contributed by atoms with Gasteiger partial charge in [-0.15, -0.1) is 0 Å². The second-order valence-electron chi connectivity index (χ2n) is 3.82. The monoisotopic (exact) mass is 287 g/mol. The van der Waals surface area contributed by atoms with Crippen molar-refractivity contribution in [3.63, 3.8) is 0 Å². The molecule has 7 nitrogen and oxygen atoms in total. The SMILES string of the molecule is NCc1ccccc1OCC(=O)NCCS(N)(=O)=O. The second-order valence-corrected chi connectivity index (χ2v) is 5.55. The van der Waals surface area contributed by atoms with Gasteiger partial charge in [0.1, 0.15) is 5.75 Å². The number of carbonyl (C=O) groups excluding carboxylic acids is 1. The maximum Gasteiger partial charge on any atom is 0.257 e. The number of amides is 1. The summed E-state index contributed by atoms with van der Waals surface area (Å²) in [6, 6.07) is 7.10. The van der Waals surface area contributed by atoms with Gasteiger partial charge in [-0.1, -0.05) is 18.2 Å². The Labute approximate surface area is 112 Å². The lowest BCUT2D eigenvalue weighted by atomic mass is 10.2. The predicted molar refractivity (Wildman–Crippen MR) is 70.8 cm³/mol. The van der Waals surface area contributed by atoms with Crippen molar-refractivity contribution in [2.45, 2.75) is 6.54 Å². The van der Waals surface area contributed by atoms with Crippen LogP contribution in [0.1, 0.15) is 5.56 Å². The normalized spacial score (nSPS) is 11.1. The van der Waals surface area contributed by atoms with E-state index < -0.39 is 15.9 Å². The molecule has 0 aliphatic heterocycles. The van der Waals surface area contributed by atoms with E-state index >= 15 is 0 Å². The van der Waals surface area contributed by atoms with Crippen molar-refractivity contribution in [2.24, 2.45) is 10.9 Å². The summed E-state index contributed by atoms with van der Waals surface area (Å²) < 4.78 is 26.6. The molecule has 19 heavy (non-hydrogen) atoms. The number of nitrogens with one attached hydrogen (secondary N) is 1. The number of sulfonamides is 1. The van der Waals surface area contributed by atoms with Crippen LogP contribution < -0.4 is 20.9 Å². The highest BCUT2D eigenvalue weighted by molar-refractivity contribution is 7.89. The molecule has 0 aliphatic carbocycles. The van der Waals surface area contributed by atoms with Gasteiger partial charge in [-0.3, -0.25) is 4.79 Å². The molecule has 0 saturated heterocycles. The van der Waals surface area contributed by atoms with E-state index in [1.807, 2.05) is 6.07 Å². The number of primary sulfonamides is 1. The number of benzene rings is 1. The molecular weight excluding hydrogens is 270 g/mol. The molecule has 1 aromatic carbocycles. The maximum absolute atomic E-state index is 11.4. The third-order valence-electron chi connectivity index (χ3n) is 2.26. The summed E-state index contributed by atoms with van der Waals surface area (Å²) >= 11 is 0. The van der Waals surface area contributed by atoms with E-state index in [1.54, 1.807) is 18.2 Å². The Balaban J connectivity index is 2.38. The van der Waals surface area contributed by atoms with Gasteiger partial charge < -0.3 is 15.8 Å². The van der Waals surface area contributed by atoms with Crippen LogP contribution in [0, 0.1) is 0 Å². The van der Waals surface area contributed by atoms with Crippen LogP contribution in [0.3, 0.4) is 0 Å². The molecule has 8 heteroatoms. The number of carbonyl (C=O) groups is 1. The van der Waals surface area contributed by atoms with Gasteiger partial charge in [0.05, 0.1) is 5.75 Å². The van der Waals surface area contributed by atoms with Crippen molar-refractivity contribution in [1.82, 2.24) is 5.32 Å². The highest BCUT2D eigenvalue weighted by Crippen LogP contribution is 2.16. The van der Waals surface area contributed by atoms with E-state index in [0.29, 0.717) is 12.3 Å². The van der Waals surface area contributed by atoms with Crippen LogP contribution in [0.25, 0.3) is 0 Å². The summed E-state index contributed by atoms with van der Waals surface area (Å²) in [6.45, 7) is 0.0599. The second kappa shape index (κ2) is 7.07. The molecule has 0 bridgehead atoms. The highest BCUT2D eigenvalue weighted by Gasteiger charge is 2.07. The largest absolute Gasteiger partial charge is 0.483 e. The molecule has 0 unspecified atom stereocenters. The zero-order valence-corrected chi connectivity index (χ0v) is 11.2. The van der Waals surface area contributed by atoms with E-state index in [2.05, 4.69) is 5.32 Å². The van der Waals surface area contributed by atoms with Gasteiger partial charge in [0.2, 0.25) is 10.0 Å². The van der Waals surface area contributed by atoms with Crippen molar-refractivity contribution in [2.75, 3.05) is 18.9 Å². The molecule has 1 aromatic rings. The maximum atomic E-state index is 11.4. The van der Waals surface area contributed by atoms with Crippen LogP contribution in [-0.4, -0.2) is 33.2 Å². The van der Waals surface area contributed by atoms with E-state index in [-0.39, 0.29) is 18.9 Å². The number of hydrogen-bond donors (Lipinski definition) is 3. The summed E-state index contributed by atoms with van der Waals surface area (Å²) in [5.41, 5.74) is 6.32. The molecule has 0 radical (unpaired) electrons. The first-order valence-corrected chi connectivity index (χ1v) is 7.32. The number of rotatable bonds is 7. The van der Waals surface area contributed by atoms with E-state index in [0.717, 1.165) is 5.56 Å². The molecule has 0 saturated carbocycles. The molecule has 0 spiro atoms. The summed E-state index contributed by atoms with van der Waals surface area (Å²) in [6.07, 6.45) is 0. The summed E-state index contributed by atoms with van der Waals surface area (Å²) in [4.78, 5) is 11.4. The lowest BCUT2D eigenvalue weighted by molar-refractivity contribution is -0.122. The Morgan fingerprint density at radius 3 is 2.63 bits per heavy atom. The molecule has 106 valence electrons. The van der Waals surface area contributed by atoms with Crippen molar-refractivity contribution in [3.05, 3.63) is 29.8 Å². The summed E-state index contributed by atoms with van der Waals surface area (Å²) in [5.74, 6) is -0.194. The van der Waals surface area contributed by atoms with Crippen LogP contribution >= 0.6 is 0 Å². The topological polar surface area (TPSA) is 125 Å². The first-order valence-electron chi connectivity index (χ1n) is 5.60. The first-order chi connectivity index (χ1) is 8.92. The quantitative estimate of drug-likeness (QED) is 0.589. The van der Waals surface area contributed by atoms with Crippen LogP contribution in [-0.2, 0) is 21.4 Å². The third-order valence-corrected chi connectivity index (χ3v) is 3.03. The van der Waals surface area contributed by atoms with E-state index in [1.165, 1.54) is 0 Å². The lowest BCUT2D eigenvalue weighted by Crippen LogP contribution is -2.34. The number of nitrogens with two attached hydrogens (primary N) is 2. The van der Waals surface area contributed by atoms with Crippen LogP contribution in [0.2, 0.25) is 0 Å². The number of para-hydroxylation sites is 1. The van der Waals surface area contributed by atoms with Gasteiger partial charge in [0.15, 0.2) is 6.61 Å². The summed E-state index contributed by atoms with van der Waals surface area (Å²) in [7, 11) is -3.57. The molecular formula is C11H17N3O4S. The predicted octanol–water partition coefficient (Wildman–Crippen LogP) is -1.07. The minimum atomic E-state index is -3.57. The molecule has 0 fully saturated rings. The molecule has 1 amide bonds. The molecule has 0 atom stereocenters. The molecule has 0 heterocycles. The Bertz CT molecular complexity index is 530. The van der Waals surface area contributed by atoms with E-state index in [9.17, 15) is 13.2 Å². The third kappa shape index (κ3) is 6.18. The van der Waals surface area contributed by atoms with Crippen LogP contribution in [0.4, 0.5) is 0 Å². The zero-order chi connectivity index (χ0) is 14.3. The minimum Gasteiger partial charge on any atom is -0.483 e. The van der Waals surface area contributed by atoms with Crippen molar-refractivity contribution < 1.29 is 17.9 Å². The van der Waals surface area contributed by atoms with Crippen LogP contribution in [0.5, 0.6) is 5.75 Å². The number of ether oxygens (including phenoxy) is 1. The fourth-order valence-corrected chi connectivity index (χ4v) is 1.73. The smallest absolute Gasteiger partial charge is 0.257 e. The van der Waals surface area contributed by atoms with Crippen molar-refractivity contribution in [3.8, 4) is 5.75 Å². The zero-order valence-electron chi connectivity index (χ0n) is 10.3. The van der Waals surface area contributed by atoms with Gasteiger partial charge in [-0.2, -0.15) is 0 Å². The average molecular weight is 287 g/mol. The Morgan fingerprint density at radius 2 is 2.00 bits per heavy atom. The van der Waals surface area contributed by atoms with Gasteiger partial charge in [0.25, 0.3) is 5.91 Å². The Kier molecular flexibility index (Phi) is 5.74. The average Bonchev–Trinajstić information content (AvgIpc) is 2.35. The molecule has 5 N–H and O–H groups in total. The molecule has 0 aromatic heterocycles. The fourth-order valence-electron chi connectivity index (χ4n) is 1.34. The molecule has 1 rings (SSSR count). The van der Waals surface area contributed by atoms with Gasteiger partial charge >= 0.3 is 0 Å². The van der Waals surface area contributed by atoms with Crippen molar-refractivity contribution in [1.29, 1.82) is 0 Å². The van der Waals surface area contributed by atoms with Crippen molar-refractivity contribution >= 4 is 15.9 Å². The van der Waals surface area contributed by atoms with Gasteiger partial charge in [-0.25, -0.2) is 13.6 Å². The summed E-state index contributed by atoms with van der Waals surface area (Å²) in [5, 5.41) is 7.19. The molecule has 0 aliphatic rings. The van der Waals surface area contributed by atoms with Crippen LogP contribution in [0.15, 0.2) is 24.3 Å². The Morgan fingerprint density at radius 1 is 1.32 bits per heavy atom. The van der Waals surface area contributed by atoms with Gasteiger partial charge in [-0.05, 0) is 6.07 Å². The van der Waals surface area contributed by atoms with Gasteiger partial charge in [0, 0.05) is 18.7 Å². The fraction of sp³-hybridized carbons (Fsp3) is 0.364. The Hall–Kier alpha value is -1.64. The number of hydrogen-bond acceptors (Lipinski definition) is 5. The lowest BCUT2D eigenvalue weighted by Gasteiger charge is -2.10. The standard InChI is InChI=1S/C11H17N3O4S/c12-7-9-3-1-2-4-10(9)18-8-11(15)14-5-6-19(13,16)17/h1-4H,5-8,12H2,(H,14,15)(H2,13,16,17).